The first-order valence-electron chi connectivity index (χ1n) is 10.9. The first kappa shape index (κ1) is 20.2. The third-order valence-electron chi connectivity index (χ3n) is 6.29. The molecule has 0 spiro atoms. The van der Waals surface area contributed by atoms with Crippen LogP contribution in [0.2, 0.25) is 0 Å². The molecule has 2 fully saturated rings. The largest absolute Gasteiger partial charge is 0.494 e. The van der Waals surface area contributed by atoms with Gasteiger partial charge in [-0.1, -0.05) is 44.2 Å². The molecule has 1 saturated carbocycles. The molecule has 150 valence electrons. The molecule has 2 aliphatic rings. The van der Waals surface area contributed by atoms with E-state index < -0.39 is 5.97 Å². The number of piperidine rings is 1. The molecule has 1 saturated heterocycles. The van der Waals surface area contributed by atoms with Gasteiger partial charge in [0.15, 0.2) is 0 Å². The van der Waals surface area contributed by atoms with E-state index in [-0.39, 0.29) is 6.42 Å². The highest BCUT2D eigenvalue weighted by atomic mass is 16.5. The zero-order valence-electron chi connectivity index (χ0n) is 16.6. The smallest absolute Gasteiger partial charge is 0.307 e. The van der Waals surface area contributed by atoms with Gasteiger partial charge in [0, 0.05) is 6.04 Å². The number of benzene rings is 1. The molecule has 1 heterocycles. The number of aliphatic carboxylic acids is 1. The van der Waals surface area contributed by atoms with Gasteiger partial charge >= 0.3 is 5.97 Å². The molecule has 0 aromatic heterocycles. The van der Waals surface area contributed by atoms with Crippen LogP contribution in [0.1, 0.15) is 69.8 Å². The van der Waals surface area contributed by atoms with Gasteiger partial charge in [0.2, 0.25) is 0 Å². The second-order valence-corrected chi connectivity index (χ2v) is 8.33. The van der Waals surface area contributed by atoms with Gasteiger partial charge in [-0.15, -0.1) is 0 Å². The fourth-order valence-electron chi connectivity index (χ4n) is 4.67. The number of carboxylic acid groups (broad SMARTS) is 1. The predicted molar refractivity (Wildman–Crippen MR) is 108 cm³/mol. The average Bonchev–Trinajstić information content (AvgIpc) is 2.62. The van der Waals surface area contributed by atoms with Crippen LogP contribution in [0.5, 0.6) is 5.75 Å². The summed E-state index contributed by atoms with van der Waals surface area (Å²) in [4.78, 5) is 13.6. The first-order chi connectivity index (χ1) is 13.2. The van der Waals surface area contributed by atoms with Gasteiger partial charge in [-0.05, 0) is 68.8 Å². The monoisotopic (exact) mass is 373 g/mol. The zero-order valence-corrected chi connectivity index (χ0v) is 16.6. The van der Waals surface area contributed by atoms with Crippen molar-refractivity contribution in [3.63, 3.8) is 0 Å². The molecule has 3 rings (SSSR count). The molecule has 1 N–H and O–H groups in total. The van der Waals surface area contributed by atoms with E-state index in [0.29, 0.717) is 0 Å². The van der Waals surface area contributed by atoms with Crippen LogP contribution in [0.4, 0.5) is 0 Å². The van der Waals surface area contributed by atoms with Crippen LogP contribution in [0, 0.1) is 5.92 Å². The third kappa shape index (κ3) is 6.84. The Morgan fingerprint density at radius 3 is 2.44 bits per heavy atom. The minimum Gasteiger partial charge on any atom is -0.494 e. The van der Waals surface area contributed by atoms with Gasteiger partial charge in [0.25, 0.3) is 0 Å². The molecule has 1 aromatic carbocycles. The second-order valence-electron chi connectivity index (χ2n) is 8.33. The van der Waals surface area contributed by atoms with Crippen molar-refractivity contribution in [1.29, 1.82) is 0 Å². The molecule has 27 heavy (non-hydrogen) atoms. The van der Waals surface area contributed by atoms with Crippen molar-refractivity contribution >= 4 is 5.97 Å². The fraction of sp³-hybridized carbons (Fsp3) is 0.696. The molecule has 4 heteroatoms. The lowest BCUT2D eigenvalue weighted by Gasteiger charge is -2.38. The highest BCUT2D eigenvalue weighted by molar-refractivity contribution is 5.70. The maximum atomic E-state index is 10.8. The predicted octanol–water partition coefficient (Wildman–Crippen LogP) is 4.91. The van der Waals surface area contributed by atoms with E-state index in [1.165, 1.54) is 70.9 Å². The summed E-state index contributed by atoms with van der Waals surface area (Å²) < 4.78 is 5.90. The number of hydrogen-bond acceptors (Lipinski definition) is 3. The van der Waals surface area contributed by atoms with Crippen molar-refractivity contribution in [1.82, 2.24) is 4.90 Å². The second kappa shape index (κ2) is 10.7. The molecule has 4 nitrogen and oxygen atoms in total. The topological polar surface area (TPSA) is 49.8 Å². The van der Waals surface area contributed by atoms with Gasteiger partial charge in [-0.3, -0.25) is 4.79 Å². The van der Waals surface area contributed by atoms with Crippen LogP contribution in [-0.2, 0) is 11.2 Å². The normalized spacial score (nSPS) is 20.7. The van der Waals surface area contributed by atoms with E-state index in [1.54, 1.807) is 0 Å². The first-order valence-corrected chi connectivity index (χ1v) is 10.9. The summed E-state index contributed by atoms with van der Waals surface area (Å²) in [5, 5.41) is 8.90. The van der Waals surface area contributed by atoms with Crippen LogP contribution in [0.15, 0.2) is 24.3 Å². The number of likely N-dealkylation sites (tertiary alicyclic amines) is 1. The molecule has 0 atom stereocenters. The number of nitrogens with zero attached hydrogens (tertiary/aromatic N) is 1. The quantitative estimate of drug-likeness (QED) is 0.738. The molecule has 1 aromatic rings. The van der Waals surface area contributed by atoms with E-state index >= 15 is 0 Å². The number of carboxylic acids is 1. The molecular weight excluding hydrogens is 338 g/mol. The molecule has 0 radical (unpaired) electrons. The van der Waals surface area contributed by atoms with E-state index in [4.69, 9.17) is 9.84 Å². The van der Waals surface area contributed by atoms with Gasteiger partial charge in [0.1, 0.15) is 5.75 Å². The molecule has 1 aliphatic carbocycles. The number of rotatable bonds is 7. The maximum absolute atomic E-state index is 10.8. The summed E-state index contributed by atoms with van der Waals surface area (Å²) in [5.74, 6) is 0.751. The Morgan fingerprint density at radius 2 is 1.74 bits per heavy atom. The lowest BCUT2D eigenvalue weighted by molar-refractivity contribution is -0.136. The van der Waals surface area contributed by atoms with Crippen LogP contribution in [0.25, 0.3) is 0 Å². The number of hydrogen-bond donors (Lipinski definition) is 1. The minimum absolute atomic E-state index is 0.0524. The van der Waals surface area contributed by atoms with E-state index in [2.05, 4.69) is 4.90 Å². The summed E-state index contributed by atoms with van der Waals surface area (Å²) in [6.45, 7) is 3.23. The van der Waals surface area contributed by atoms with Gasteiger partial charge in [0.05, 0.1) is 13.0 Å². The van der Waals surface area contributed by atoms with Gasteiger partial charge in [-0.2, -0.15) is 0 Å². The number of carbonyl (C=O) groups is 1. The van der Waals surface area contributed by atoms with Crippen LogP contribution in [-0.4, -0.2) is 41.7 Å². The van der Waals surface area contributed by atoms with E-state index in [0.717, 1.165) is 36.3 Å². The highest BCUT2D eigenvalue weighted by Gasteiger charge is 2.25. The molecule has 0 bridgehead atoms. The summed E-state index contributed by atoms with van der Waals surface area (Å²) in [6.07, 6.45) is 13.7. The average molecular weight is 374 g/mol. The standard InChI is InChI=1S/C23H35NO3/c25-23(26)18-20-7-6-10-22(17-20)27-16-13-19-11-14-24(15-12-19)21-8-4-2-1-3-5-9-21/h6-7,10,17,19,21H,1-5,8-9,11-16,18H2,(H,25,26). The highest BCUT2D eigenvalue weighted by Crippen LogP contribution is 2.27. The van der Waals surface area contributed by atoms with Crippen molar-refractivity contribution in [2.75, 3.05) is 19.7 Å². The molecule has 0 unspecified atom stereocenters. The maximum Gasteiger partial charge on any atom is 0.307 e. The lowest BCUT2D eigenvalue weighted by atomic mass is 9.90. The summed E-state index contributed by atoms with van der Waals surface area (Å²) >= 11 is 0. The molecule has 0 amide bonds. The Balaban J connectivity index is 1.36. The van der Waals surface area contributed by atoms with Crippen LogP contribution >= 0.6 is 0 Å². The van der Waals surface area contributed by atoms with Crippen molar-refractivity contribution in [2.45, 2.75) is 76.7 Å². The summed E-state index contributed by atoms with van der Waals surface area (Å²) in [7, 11) is 0. The Labute approximate surface area is 163 Å². The fourth-order valence-corrected chi connectivity index (χ4v) is 4.67. The van der Waals surface area contributed by atoms with Crippen molar-refractivity contribution in [2.24, 2.45) is 5.92 Å². The molecule has 1 aliphatic heterocycles. The zero-order chi connectivity index (χ0) is 18.9. The minimum atomic E-state index is -0.803. The number of ether oxygens (including phenoxy) is 1. The van der Waals surface area contributed by atoms with E-state index in [9.17, 15) is 4.79 Å². The van der Waals surface area contributed by atoms with Crippen LogP contribution in [0.3, 0.4) is 0 Å². The Kier molecular flexibility index (Phi) is 8.00. The summed E-state index contributed by atoms with van der Waals surface area (Å²) in [6, 6.07) is 8.32. The van der Waals surface area contributed by atoms with Gasteiger partial charge < -0.3 is 14.7 Å². The molecular formula is C23H35NO3. The SMILES string of the molecule is O=C(O)Cc1cccc(OCCC2CCN(C3CCCCCCC3)CC2)c1. The third-order valence-corrected chi connectivity index (χ3v) is 6.29. The van der Waals surface area contributed by atoms with Crippen molar-refractivity contribution in [3.8, 4) is 5.75 Å². The Bertz CT molecular complexity index is 573. The van der Waals surface area contributed by atoms with Crippen molar-refractivity contribution in [3.05, 3.63) is 29.8 Å². The van der Waals surface area contributed by atoms with Crippen molar-refractivity contribution < 1.29 is 14.6 Å². The van der Waals surface area contributed by atoms with E-state index in [1.807, 2.05) is 24.3 Å². The Morgan fingerprint density at radius 1 is 1.04 bits per heavy atom. The lowest BCUT2D eigenvalue weighted by Crippen LogP contribution is -2.42. The van der Waals surface area contributed by atoms with Gasteiger partial charge in [-0.25, -0.2) is 0 Å². The summed E-state index contributed by atoms with van der Waals surface area (Å²) in [5.41, 5.74) is 0.799. The Hall–Kier alpha value is -1.55. The van der Waals surface area contributed by atoms with Crippen LogP contribution < -0.4 is 4.74 Å².